The molecule has 2 nitrogen and oxygen atoms in total. The van der Waals surface area contributed by atoms with Crippen molar-refractivity contribution in [2.75, 3.05) is 18.1 Å². The minimum absolute atomic E-state index is 0.174. The van der Waals surface area contributed by atoms with Crippen LogP contribution >= 0.6 is 11.8 Å². The number of nitrogens with one attached hydrogen (secondary N) is 1. The van der Waals surface area contributed by atoms with Gasteiger partial charge in [-0.3, -0.25) is 0 Å². The molecular formula is C12H27NOS. The third-order valence-electron chi connectivity index (χ3n) is 2.14. The van der Waals surface area contributed by atoms with E-state index < -0.39 is 0 Å². The van der Waals surface area contributed by atoms with E-state index in [-0.39, 0.29) is 6.10 Å². The van der Waals surface area contributed by atoms with Crippen LogP contribution in [0.2, 0.25) is 0 Å². The van der Waals surface area contributed by atoms with E-state index in [2.05, 4.69) is 33.0 Å². The van der Waals surface area contributed by atoms with Crippen molar-refractivity contribution >= 4 is 11.8 Å². The van der Waals surface area contributed by atoms with Crippen molar-refractivity contribution in [3.05, 3.63) is 0 Å². The van der Waals surface area contributed by atoms with E-state index in [0.29, 0.717) is 6.04 Å². The van der Waals surface area contributed by atoms with Crippen LogP contribution in [0.25, 0.3) is 0 Å². The maximum absolute atomic E-state index is 9.54. The topological polar surface area (TPSA) is 32.3 Å². The summed E-state index contributed by atoms with van der Waals surface area (Å²) in [7, 11) is 0. The molecule has 0 heterocycles. The summed E-state index contributed by atoms with van der Waals surface area (Å²) in [6.07, 6.45) is 1.78. The molecule has 92 valence electrons. The van der Waals surface area contributed by atoms with E-state index in [0.717, 1.165) is 31.1 Å². The van der Waals surface area contributed by atoms with Crippen molar-refractivity contribution in [2.24, 2.45) is 5.92 Å². The Morgan fingerprint density at radius 2 is 1.87 bits per heavy atom. The second-order valence-electron chi connectivity index (χ2n) is 4.68. The largest absolute Gasteiger partial charge is 0.392 e. The molecule has 0 saturated carbocycles. The fraction of sp³-hybridized carbons (Fsp3) is 1.00. The third-order valence-corrected chi connectivity index (χ3v) is 3.78. The first-order chi connectivity index (χ1) is 7.06. The molecule has 0 spiro atoms. The molecule has 2 N–H and O–H groups in total. The zero-order valence-corrected chi connectivity index (χ0v) is 11.4. The summed E-state index contributed by atoms with van der Waals surface area (Å²) < 4.78 is 0. The smallest absolute Gasteiger partial charge is 0.0664 e. The summed E-state index contributed by atoms with van der Waals surface area (Å²) >= 11 is 1.99. The number of hydrogen-bond acceptors (Lipinski definition) is 3. The lowest BCUT2D eigenvalue weighted by molar-refractivity contribution is 0.158. The first-order valence-electron chi connectivity index (χ1n) is 6.05. The number of hydrogen-bond donors (Lipinski definition) is 2. The Labute approximate surface area is 99.2 Å². The Balaban J connectivity index is 3.36. The minimum atomic E-state index is -0.174. The summed E-state index contributed by atoms with van der Waals surface area (Å²) in [4.78, 5) is 0. The Hall–Kier alpha value is 0.270. The summed E-state index contributed by atoms with van der Waals surface area (Å²) in [6.45, 7) is 9.51. The SMILES string of the molecule is CCCC(O)CNC(C)CSCC(C)C. The summed E-state index contributed by atoms with van der Waals surface area (Å²) in [6, 6.07) is 0.500. The molecular weight excluding hydrogens is 206 g/mol. The van der Waals surface area contributed by atoms with Crippen LogP contribution in [0.4, 0.5) is 0 Å². The maximum Gasteiger partial charge on any atom is 0.0664 e. The van der Waals surface area contributed by atoms with E-state index in [1.165, 1.54) is 5.75 Å². The van der Waals surface area contributed by atoms with Crippen LogP contribution in [0, 0.1) is 5.92 Å². The van der Waals surface area contributed by atoms with E-state index in [1.54, 1.807) is 0 Å². The average molecular weight is 233 g/mol. The van der Waals surface area contributed by atoms with Crippen LogP contribution in [-0.2, 0) is 0 Å². The molecule has 0 aromatic heterocycles. The van der Waals surface area contributed by atoms with Gasteiger partial charge in [-0.1, -0.05) is 27.2 Å². The normalized spacial score (nSPS) is 15.6. The van der Waals surface area contributed by atoms with Gasteiger partial charge in [-0.2, -0.15) is 11.8 Å². The standard InChI is InChI=1S/C12H27NOS/c1-5-6-12(14)7-13-11(4)9-15-8-10(2)3/h10-14H,5-9H2,1-4H3. The van der Waals surface area contributed by atoms with Gasteiger partial charge in [0.05, 0.1) is 6.10 Å². The summed E-state index contributed by atoms with van der Waals surface area (Å²) in [5.74, 6) is 3.13. The lowest BCUT2D eigenvalue weighted by Gasteiger charge is -2.16. The van der Waals surface area contributed by atoms with Crippen LogP contribution in [0.5, 0.6) is 0 Å². The molecule has 3 heteroatoms. The predicted molar refractivity (Wildman–Crippen MR) is 70.5 cm³/mol. The molecule has 0 rings (SSSR count). The van der Waals surface area contributed by atoms with E-state index in [9.17, 15) is 5.11 Å². The first kappa shape index (κ1) is 15.3. The number of aliphatic hydroxyl groups is 1. The number of thioether (sulfide) groups is 1. The molecule has 0 aliphatic carbocycles. The van der Waals surface area contributed by atoms with Gasteiger partial charge in [0.15, 0.2) is 0 Å². The summed E-state index contributed by atoms with van der Waals surface area (Å²) in [5.41, 5.74) is 0. The predicted octanol–water partition coefficient (Wildman–Crippen LogP) is 2.51. The second-order valence-corrected chi connectivity index (χ2v) is 5.76. The van der Waals surface area contributed by atoms with Gasteiger partial charge >= 0.3 is 0 Å². The van der Waals surface area contributed by atoms with Gasteiger partial charge in [0.1, 0.15) is 0 Å². The molecule has 0 aromatic carbocycles. The molecule has 0 aliphatic heterocycles. The fourth-order valence-electron chi connectivity index (χ4n) is 1.31. The first-order valence-corrected chi connectivity index (χ1v) is 7.20. The van der Waals surface area contributed by atoms with E-state index in [1.807, 2.05) is 11.8 Å². The highest BCUT2D eigenvalue weighted by atomic mass is 32.2. The Morgan fingerprint density at radius 1 is 1.20 bits per heavy atom. The van der Waals surface area contributed by atoms with Gasteiger partial charge in [-0.05, 0) is 25.0 Å². The van der Waals surface area contributed by atoms with E-state index in [4.69, 9.17) is 0 Å². The molecule has 0 fully saturated rings. The molecule has 0 radical (unpaired) electrons. The van der Waals surface area contributed by atoms with Crippen LogP contribution in [0.15, 0.2) is 0 Å². The number of aliphatic hydroxyl groups excluding tert-OH is 1. The average Bonchev–Trinajstić information content (AvgIpc) is 2.14. The molecule has 0 saturated heterocycles. The molecule has 0 bridgehead atoms. The zero-order chi connectivity index (χ0) is 11.7. The molecule has 0 amide bonds. The van der Waals surface area contributed by atoms with Crippen molar-refractivity contribution in [2.45, 2.75) is 52.7 Å². The molecule has 0 aromatic rings. The van der Waals surface area contributed by atoms with Crippen molar-refractivity contribution in [1.82, 2.24) is 5.32 Å². The quantitative estimate of drug-likeness (QED) is 0.642. The Bertz CT molecular complexity index is 142. The van der Waals surface area contributed by atoms with Crippen LogP contribution < -0.4 is 5.32 Å². The van der Waals surface area contributed by atoms with Crippen molar-refractivity contribution in [3.8, 4) is 0 Å². The Kier molecular flexibility index (Phi) is 9.66. The van der Waals surface area contributed by atoms with Crippen LogP contribution in [0.1, 0.15) is 40.5 Å². The van der Waals surface area contributed by atoms with E-state index >= 15 is 0 Å². The highest BCUT2D eigenvalue weighted by molar-refractivity contribution is 7.99. The highest BCUT2D eigenvalue weighted by Gasteiger charge is 2.06. The highest BCUT2D eigenvalue weighted by Crippen LogP contribution is 2.08. The minimum Gasteiger partial charge on any atom is -0.392 e. The molecule has 2 unspecified atom stereocenters. The zero-order valence-electron chi connectivity index (χ0n) is 10.6. The fourth-order valence-corrected chi connectivity index (χ4v) is 2.39. The van der Waals surface area contributed by atoms with Gasteiger partial charge in [0, 0.05) is 18.3 Å². The number of rotatable bonds is 9. The summed E-state index contributed by atoms with van der Waals surface area (Å²) in [5, 5.41) is 12.9. The van der Waals surface area contributed by atoms with Crippen LogP contribution in [-0.4, -0.2) is 35.3 Å². The van der Waals surface area contributed by atoms with Gasteiger partial charge in [0.2, 0.25) is 0 Å². The molecule has 2 atom stereocenters. The lowest BCUT2D eigenvalue weighted by Crippen LogP contribution is -2.35. The van der Waals surface area contributed by atoms with Gasteiger partial charge in [-0.15, -0.1) is 0 Å². The van der Waals surface area contributed by atoms with Gasteiger partial charge in [0.25, 0.3) is 0 Å². The van der Waals surface area contributed by atoms with Gasteiger partial charge < -0.3 is 10.4 Å². The molecule has 15 heavy (non-hydrogen) atoms. The van der Waals surface area contributed by atoms with Crippen molar-refractivity contribution in [3.63, 3.8) is 0 Å². The van der Waals surface area contributed by atoms with Crippen molar-refractivity contribution in [1.29, 1.82) is 0 Å². The van der Waals surface area contributed by atoms with Gasteiger partial charge in [-0.25, -0.2) is 0 Å². The Morgan fingerprint density at radius 3 is 2.40 bits per heavy atom. The van der Waals surface area contributed by atoms with Crippen LogP contribution in [0.3, 0.4) is 0 Å². The maximum atomic E-state index is 9.54. The second kappa shape index (κ2) is 9.49. The molecule has 0 aliphatic rings. The van der Waals surface area contributed by atoms with Crippen molar-refractivity contribution < 1.29 is 5.11 Å². The monoisotopic (exact) mass is 233 g/mol. The third kappa shape index (κ3) is 10.6. The lowest BCUT2D eigenvalue weighted by atomic mass is 10.2.